The first kappa shape index (κ1) is 19.8. The largest absolute Gasteiger partial charge is 0.516 e. The summed E-state index contributed by atoms with van der Waals surface area (Å²) >= 11 is 1.41. The van der Waals surface area contributed by atoms with Crippen LogP contribution >= 0.6 is 11.8 Å². The smallest absolute Gasteiger partial charge is 0.465 e. The van der Waals surface area contributed by atoms with Crippen molar-refractivity contribution in [2.45, 2.75) is 46.3 Å². The SMILES string of the molecule is CCOC(=O)OC(=O)[C@](C)(CSC(C)(C)C)C(=O)OCC. The van der Waals surface area contributed by atoms with Crippen LogP contribution < -0.4 is 0 Å². The predicted molar refractivity (Wildman–Crippen MR) is 80.1 cm³/mol. The molecule has 1 atom stereocenters. The minimum atomic E-state index is -1.55. The van der Waals surface area contributed by atoms with E-state index in [1.807, 2.05) is 20.8 Å². The molecular weight excluding hydrogens is 296 g/mol. The Bertz CT molecular complexity index is 387. The Kier molecular flexibility index (Phi) is 7.78. The van der Waals surface area contributed by atoms with E-state index in [0.29, 0.717) is 0 Å². The highest BCUT2D eigenvalue weighted by Crippen LogP contribution is 2.33. The zero-order valence-corrected chi connectivity index (χ0v) is 14.3. The van der Waals surface area contributed by atoms with Crippen LogP contribution in [0, 0.1) is 5.41 Å². The molecule has 0 bridgehead atoms. The molecule has 0 rings (SSSR count). The second-order valence-electron chi connectivity index (χ2n) is 5.53. The number of carbonyl (C=O) groups is 3. The van der Waals surface area contributed by atoms with Crippen LogP contribution in [0.5, 0.6) is 0 Å². The first-order valence-electron chi connectivity index (χ1n) is 6.77. The number of esters is 2. The van der Waals surface area contributed by atoms with Gasteiger partial charge < -0.3 is 14.2 Å². The second-order valence-corrected chi connectivity index (χ2v) is 7.33. The Hall–Kier alpha value is -1.24. The molecule has 0 radical (unpaired) electrons. The molecule has 0 aliphatic heterocycles. The summed E-state index contributed by atoms with van der Waals surface area (Å²) in [6, 6.07) is 0. The topological polar surface area (TPSA) is 78.9 Å². The van der Waals surface area contributed by atoms with Crippen LogP contribution in [0.2, 0.25) is 0 Å². The third kappa shape index (κ3) is 6.84. The van der Waals surface area contributed by atoms with E-state index in [1.54, 1.807) is 13.8 Å². The fourth-order valence-corrected chi connectivity index (χ4v) is 2.15. The highest BCUT2D eigenvalue weighted by molar-refractivity contribution is 8.00. The molecule has 0 saturated heterocycles. The Balaban J connectivity index is 5.06. The third-order valence-corrected chi connectivity index (χ3v) is 4.00. The molecule has 7 heteroatoms. The van der Waals surface area contributed by atoms with Crippen molar-refractivity contribution in [2.24, 2.45) is 5.41 Å². The quantitative estimate of drug-likeness (QED) is 0.550. The number of thioether (sulfide) groups is 1. The normalized spacial score (nSPS) is 14.0. The van der Waals surface area contributed by atoms with Crippen molar-refractivity contribution in [3.63, 3.8) is 0 Å². The first-order chi connectivity index (χ1) is 9.56. The fraction of sp³-hybridized carbons (Fsp3) is 0.786. The van der Waals surface area contributed by atoms with Gasteiger partial charge in [0.05, 0.1) is 13.2 Å². The molecule has 0 fully saturated rings. The maximum atomic E-state index is 12.1. The number of ether oxygens (including phenoxy) is 3. The summed E-state index contributed by atoms with van der Waals surface area (Å²) in [7, 11) is 0. The summed E-state index contributed by atoms with van der Waals surface area (Å²) in [4.78, 5) is 35.5. The van der Waals surface area contributed by atoms with Gasteiger partial charge in [-0.2, -0.15) is 11.8 Å². The first-order valence-corrected chi connectivity index (χ1v) is 7.75. The summed E-state index contributed by atoms with van der Waals surface area (Å²) in [5, 5.41) is 0. The van der Waals surface area contributed by atoms with E-state index in [2.05, 4.69) is 9.47 Å². The Labute approximate surface area is 129 Å². The van der Waals surface area contributed by atoms with E-state index in [-0.39, 0.29) is 23.7 Å². The summed E-state index contributed by atoms with van der Waals surface area (Å²) < 4.78 is 13.9. The second kappa shape index (κ2) is 8.26. The predicted octanol–water partition coefficient (Wildman–Crippen LogP) is 2.79. The average molecular weight is 320 g/mol. The van der Waals surface area contributed by atoms with Gasteiger partial charge in [-0.15, -0.1) is 0 Å². The molecule has 122 valence electrons. The van der Waals surface area contributed by atoms with Gasteiger partial charge in [0.1, 0.15) is 0 Å². The number of carbonyl (C=O) groups excluding carboxylic acids is 3. The van der Waals surface area contributed by atoms with E-state index in [9.17, 15) is 14.4 Å². The molecule has 0 spiro atoms. The molecule has 21 heavy (non-hydrogen) atoms. The molecule has 0 aromatic carbocycles. The average Bonchev–Trinajstić information content (AvgIpc) is 2.35. The van der Waals surface area contributed by atoms with Gasteiger partial charge in [-0.25, -0.2) is 4.79 Å². The third-order valence-electron chi connectivity index (χ3n) is 2.41. The van der Waals surface area contributed by atoms with Crippen LogP contribution in [0.25, 0.3) is 0 Å². The molecule has 6 nitrogen and oxygen atoms in total. The van der Waals surface area contributed by atoms with Crippen LogP contribution in [-0.4, -0.2) is 41.8 Å². The minimum Gasteiger partial charge on any atom is -0.465 e. The molecule has 0 aromatic rings. The summed E-state index contributed by atoms with van der Waals surface area (Å²) in [6.07, 6.45) is -1.11. The van der Waals surface area contributed by atoms with E-state index in [4.69, 9.17) is 4.74 Å². The molecule has 0 aliphatic carbocycles. The van der Waals surface area contributed by atoms with Crippen molar-refractivity contribution in [1.29, 1.82) is 0 Å². The van der Waals surface area contributed by atoms with Gasteiger partial charge >= 0.3 is 18.1 Å². The molecule has 0 heterocycles. The van der Waals surface area contributed by atoms with Gasteiger partial charge in [-0.1, -0.05) is 20.8 Å². The van der Waals surface area contributed by atoms with Crippen molar-refractivity contribution >= 4 is 29.9 Å². The van der Waals surface area contributed by atoms with E-state index in [0.717, 1.165) is 0 Å². The molecule has 0 N–H and O–H groups in total. The molecule has 0 amide bonds. The van der Waals surface area contributed by atoms with Crippen molar-refractivity contribution in [3.8, 4) is 0 Å². The Morgan fingerprint density at radius 1 is 0.905 bits per heavy atom. The zero-order chi connectivity index (χ0) is 16.7. The Morgan fingerprint density at radius 3 is 1.86 bits per heavy atom. The molecule has 0 aromatic heterocycles. The number of hydrogen-bond acceptors (Lipinski definition) is 7. The lowest BCUT2D eigenvalue weighted by atomic mass is 9.93. The minimum absolute atomic E-state index is 0.0823. The Morgan fingerprint density at radius 2 is 1.43 bits per heavy atom. The van der Waals surface area contributed by atoms with Gasteiger partial charge in [0, 0.05) is 10.5 Å². The summed E-state index contributed by atoms with van der Waals surface area (Å²) in [5.74, 6) is -1.53. The van der Waals surface area contributed by atoms with Gasteiger partial charge in [-0.05, 0) is 20.8 Å². The van der Waals surface area contributed by atoms with Gasteiger partial charge in [-0.3, -0.25) is 9.59 Å². The summed E-state index contributed by atoms with van der Waals surface area (Å²) in [6.45, 7) is 10.7. The van der Waals surface area contributed by atoms with Crippen molar-refractivity contribution in [1.82, 2.24) is 0 Å². The molecule has 0 unspecified atom stereocenters. The van der Waals surface area contributed by atoms with Gasteiger partial charge in [0.15, 0.2) is 5.41 Å². The van der Waals surface area contributed by atoms with Gasteiger partial charge in [0.2, 0.25) is 0 Å². The van der Waals surface area contributed by atoms with Crippen molar-refractivity contribution in [2.75, 3.05) is 19.0 Å². The highest BCUT2D eigenvalue weighted by Gasteiger charge is 2.46. The lowest BCUT2D eigenvalue weighted by Crippen LogP contribution is -2.43. The molecular formula is C14H24O6S. The lowest BCUT2D eigenvalue weighted by molar-refractivity contribution is -0.166. The monoisotopic (exact) mass is 320 g/mol. The number of rotatable bonds is 6. The van der Waals surface area contributed by atoms with Crippen LogP contribution in [0.3, 0.4) is 0 Å². The standard InChI is InChI=1S/C14H24O6S/c1-7-18-10(15)14(6,9-21-13(3,4)5)11(16)20-12(17)19-8-2/h7-9H2,1-6H3/t14-/m1/s1. The maximum absolute atomic E-state index is 12.1. The van der Waals surface area contributed by atoms with Crippen molar-refractivity contribution < 1.29 is 28.6 Å². The van der Waals surface area contributed by atoms with E-state index >= 15 is 0 Å². The van der Waals surface area contributed by atoms with Crippen LogP contribution in [0.4, 0.5) is 4.79 Å². The fourth-order valence-electron chi connectivity index (χ4n) is 1.19. The van der Waals surface area contributed by atoms with Gasteiger partial charge in [0.25, 0.3) is 0 Å². The molecule has 0 saturated carbocycles. The van der Waals surface area contributed by atoms with E-state index < -0.39 is 23.5 Å². The summed E-state index contributed by atoms with van der Waals surface area (Å²) in [5.41, 5.74) is -1.55. The van der Waals surface area contributed by atoms with Crippen LogP contribution in [0.15, 0.2) is 0 Å². The maximum Gasteiger partial charge on any atom is 0.516 e. The van der Waals surface area contributed by atoms with Crippen molar-refractivity contribution in [3.05, 3.63) is 0 Å². The molecule has 0 aliphatic rings. The highest BCUT2D eigenvalue weighted by atomic mass is 32.2. The van der Waals surface area contributed by atoms with E-state index in [1.165, 1.54) is 18.7 Å². The lowest BCUT2D eigenvalue weighted by Gasteiger charge is -2.27. The van der Waals surface area contributed by atoms with Crippen LogP contribution in [-0.2, 0) is 23.8 Å². The zero-order valence-electron chi connectivity index (χ0n) is 13.5. The number of hydrogen-bond donors (Lipinski definition) is 0. The van der Waals surface area contributed by atoms with Crippen LogP contribution in [0.1, 0.15) is 41.5 Å².